The molecule has 23 heavy (non-hydrogen) atoms. The van der Waals surface area contributed by atoms with Crippen molar-refractivity contribution in [2.75, 3.05) is 0 Å². The smallest absolute Gasteiger partial charge is 0.347 e. The van der Waals surface area contributed by atoms with E-state index in [1.54, 1.807) is 11.0 Å². The monoisotopic (exact) mass is 326 g/mol. The lowest BCUT2D eigenvalue weighted by Gasteiger charge is -2.22. The first-order valence-electron chi connectivity index (χ1n) is 7.08. The van der Waals surface area contributed by atoms with E-state index in [0.29, 0.717) is 6.54 Å². The van der Waals surface area contributed by atoms with Gasteiger partial charge in [0.1, 0.15) is 12.7 Å². The van der Waals surface area contributed by atoms with Crippen LogP contribution in [0.1, 0.15) is 29.8 Å². The maximum Gasteiger partial charge on any atom is 0.416 e. The Hall–Kier alpha value is -2.38. The molecule has 2 rings (SSSR count). The summed E-state index contributed by atoms with van der Waals surface area (Å²) in [6, 6.07) is 3.93. The van der Waals surface area contributed by atoms with Crippen LogP contribution in [0, 0.1) is 5.92 Å². The van der Waals surface area contributed by atoms with Crippen LogP contribution in [0.5, 0.6) is 0 Å². The van der Waals surface area contributed by atoms with Gasteiger partial charge >= 0.3 is 6.18 Å². The molecule has 0 aliphatic rings. The number of carbonyl (C=O) groups excluding carboxylic acids is 1. The molecular weight excluding hydrogens is 309 g/mol. The summed E-state index contributed by atoms with van der Waals surface area (Å²) in [5.74, 6) is -0.296. The summed E-state index contributed by atoms with van der Waals surface area (Å²) in [5.41, 5.74) is -0.598. The molecule has 1 amide bonds. The zero-order valence-corrected chi connectivity index (χ0v) is 12.7. The van der Waals surface area contributed by atoms with Gasteiger partial charge in [0, 0.05) is 5.56 Å². The van der Waals surface area contributed by atoms with E-state index in [2.05, 4.69) is 15.4 Å². The van der Waals surface area contributed by atoms with Crippen LogP contribution in [0.2, 0.25) is 0 Å². The van der Waals surface area contributed by atoms with Crippen molar-refractivity contribution in [3.63, 3.8) is 0 Å². The number of halogens is 3. The highest BCUT2D eigenvalue weighted by atomic mass is 19.4. The van der Waals surface area contributed by atoms with Crippen LogP contribution in [0.4, 0.5) is 13.2 Å². The Kier molecular flexibility index (Phi) is 5.02. The van der Waals surface area contributed by atoms with Crippen molar-refractivity contribution in [2.24, 2.45) is 5.92 Å². The normalized spacial score (nSPS) is 13.1. The van der Waals surface area contributed by atoms with Gasteiger partial charge in [-0.05, 0) is 30.2 Å². The lowest BCUT2D eigenvalue weighted by Crippen LogP contribution is -2.41. The van der Waals surface area contributed by atoms with Crippen molar-refractivity contribution < 1.29 is 18.0 Å². The summed E-state index contributed by atoms with van der Waals surface area (Å²) in [5, 5.41) is 6.81. The van der Waals surface area contributed by atoms with Gasteiger partial charge in [0.25, 0.3) is 5.91 Å². The van der Waals surface area contributed by atoms with Gasteiger partial charge in [0.05, 0.1) is 18.2 Å². The lowest BCUT2D eigenvalue weighted by atomic mass is 10.0. The Morgan fingerprint density at radius 2 is 1.91 bits per heavy atom. The van der Waals surface area contributed by atoms with E-state index >= 15 is 0 Å². The van der Waals surface area contributed by atoms with Crippen LogP contribution in [-0.4, -0.2) is 26.7 Å². The Bertz CT molecular complexity index is 636. The summed E-state index contributed by atoms with van der Waals surface area (Å²) in [4.78, 5) is 16.0. The van der Waals surface area contributed by atoms with Crippen molar-refractivity contribution in [3.05, 3.63) is 48.0 Å². The minimum Gasteiger partial charge on any atom is -0.347 e. The molecule has 0 aliphatic heterocycles. The molecule has 0 aliphatic carbocycles. The minimum atomic E-state index is -4.41. The first kappa shape index (κ1) is 17.0. The van der Waals surface area contributed by atoms with Gasteiger partial charge in [-0.2, -0.15) is 18.3 Å². The Balaban J connectivity index is 2.06. The molecule has 1 aromatic carbocycles. The number of carbonyl (C=O) groups is 1. The zero-order chi connectivity index (χ0) is 17.0. The maximum atomic E-state index is 12.5. The largest absolute Gasteiger partial charge is 0.416 e. The summed E-state index contributed by atoms with van der Waals surface area (Å²) in [7, 11) is 0. The number of rotatable bonds is 5. The van der Waals surface area contributed by atoms with Crippen LogP contribution in [0.3, 0.4) is 0 Å². The van der Waals surface area contributed by atoms with Crippen LogP contribution in [0.15, 0.2) is 36.9 Å². The quantitative estimate of drug-likeness (QED) is 0.919. The molecule has 1 aromatic heterocycles. The van der Waals surface area contributed by atoms with E-state index in [0.717, 1.165) is 12.1 Å². The number of amides is 1. The number of benzene rings is 1. The van der Waals surface area contributed by atoms with Crippen molar-refractivity contribution in [1.29, 1.82) is 0 Å². The number of alkyl halides is 3. The highest BCUT2D eigenvalue weighted by Gasteiger charge is 2.30. The van der Waals surface area contributed by atoms with Crippen LogP contribution in [-0.2, 0) is 12.7 Å². The van der Waals surface area contributed by atoms with Crippen LogP contribution in [0.25, 0.3) is 0 Å². The lowest BCUT2D eigenvalue weighted by molar-refractivity contribution is -0.137. The zero-order valence-electron chi connectivity index (χ0n) is 12.7. The van der Waals surface area contributed by atoms with Gasteiger partial charge in [-0.3, -0.25) is 9.48 Å². The fraction of sp³-hybridized carbons (Fsp3) is 0.400. The third-order valence-corrected chi connectivity index (χ3v) is 3.45. The van der Waals surface area contributed by atoms with E-state index < -0.39 is 17.6 Å². The average molecular weight is 326 g/mol. The molecule has 0 fully saturated rings. The predicted octanol–water partition coefficient (Wildman–Crippen LogP) is 2.75. The number of nitrogens with zero attached hydrogens (tertiary/aromatic N) is 3. The minimum absolute atomic E-state index is 0.123. The van der Waals surface area contributed by atoms with E-state index in [9.17, 15) is 18.0 Å². The molecule has 124 valence electrons. The summed E-state index contributed by atoms with van der Waals surface area (Å²) in [6.45, 7) is 4.31. The molecule has 0 bridgehead atoms. The summed E-state index contributed by atoms with van der Waals surface area (Å²) < 4.78 is 39.2. The molecule has 1 N–H and O–H groups in total. The molecule has 0 saturated heterocycles. The van der Waals surface area contributed by atoms with Crippen molar-refractivity contribution in [2.45, 2.75) is 32.6 Å². The highest BCUT2D eigenvalue weighted by molar-refractivity contribution is 5.94. The number of hydrogen-bond donors (Lipinski definition) is 1. The number of nitrogens with one attached hydrogen (secondary N) is 1. The van der Waals surface area contributed by atoms with Gasteiger partial charge in [-0.1, -0.05) is 13.8 Å². The van der Waals surface area contributed by atoms with E-state index in [-0.39, 0.29) is 17.5 Å². The van der Waals surface area contributed by atoms with Gasteiger partial charge in [-0.15, -0.1) is 0 Å². The molecule has 1 atom stereocenters. The molecule has 1 unspecified atom stereocenters. The molecule has 0 radical (unpaired) electrons. The third-order valence-electron chi connectivity index (χ3n) is 3.45. The Labute approximate surface area is 131 Å². The third kappa shape index (κ3) is 4.54. The molecule has 8 heteroatoms. The van der Waals surface area contributed by atoms with Crippen molar-refractivity contribution >= 4 is 5.91 Å². The van der Waals surface area contributed by atoms with Gasteiger partial charge in [0.15, 0.2) is 0 Å². The SMILES string of the molecule is CC(C)C(Cn1cncn1)NC(=O)c1ccc(C(F)(F)F)cc1. The molecule has 0 spiro atoms. The topological polar surface area (TPSA) is 59.8 Å². The highest BCUT2D eigenvalue weighted by Crippen LogP contribution is 2.29. The second-order valence-corrected chi connectivity index (χ2v) is 5.52. The number of hydrogen-bond acceptors (Lipinski definition) is 3. The second-order valence-electron chi connectivity index (χ2n) is 5.52. The van der Waals surface area contributed by atoms with Gasteiger partial charge < -0.3 is 5.32 Å². The van der Waals surface area contributed by atoms with E-state index in [4.69, 9.17) is 0 Å². The summed E-state index contributed by atoms with van der Waals surface area (Å²) >= 11 is 0. The fourth-order valence-corrected chi connectivity index (χ4v) is 2.01. The first-order valence-corrected chi connectivity index (χ1v) is 7.08. The molecule has 5 nitrogen and oxygen atoms in total. The van der Waals surface area contributed by atoms with Crippen LogP contribution >= 0.6 is 0 Å². The molecule has 2 aromatic rings. The van der Waals surface area contributed by atoms with E-state index in [1.165, 1.54) is 18.5 Å². The predicted molar refractivity (Wildman–Crippen MR) is 77.6 cm³/mol. The molecule has 0 saturated carbocycles. The standard InChI is InChI=1S/C15H17F3N4O/c1-10(2)13(7-22-9-19-8-20-22)21-14(23)11-3-5-12(6-4-11)15(16,17)18/h3-6,8-10,13H,7H2,1-2H3,(H,21,23). The van der Waals surface area contributed by atoms with E-state index in [1.807, 2.05) is 13.8 Å². The van der Waals surface area contributed by atoms with Gasteiger partial charge in [-0.25, -0.2) is 4.98 Å². The average Bonchev–Trinajstić information content (AvgIpc) is 2.98. The Morgan fingerprint density at radius 1 is 1.26 bits per heavy atom. The maximum absolute atomic E-state index is 12.5. The van der Waals surface area contributed by atoms with Crippen LogP contribution < -0.4 is 5.32 Å². The fourth-order valence-electron chi connectivity index (χ4n) is 2.01. The number of aromatic nitrogens is 3. The van der Waals surface area contributed by atoms with Gasteiger partial charge in [0.2, 0.25) is 0 Å². The first-order chi connectivity index (χ1) is 10.8. The Morgan fingerprint density at radius 3 is 2.39 bits per heavy atom. The molecular formula is C15H17F3N4O. The molecule has 1 heterocycles. The van der Waals surface area contributed by atoms with Crippen molar-refractivity contribution in [3.8, 4) is 0 Å². The second kappa shape index (κ2) is 6.80. The summed E-state index contributed by atoms with van der Waals surface area (Å²) in [6.07, 6.45) is -1.47. The van der Waals surface area contributed by atoms with Crippen molar-refractivity contribution in [1.82, 2.24) is 20.1 Å².